The Morgan fingerprint density at radius 3 is 2.81 bits per heavy atom. The highest BCUT2D eigenvalue weighted by Crippen LogP contribution is 2.22. The highest BCUT2D eigenvalue weighted by atomic mass is 16.6. The molecule has 1 aromatic carbocycles. The molecule has 0 aliphatic heterocycles. The van der Waals surface area contributed by atoms with Crippen molar-refractivity contribution in [3.8, 4) is 0 Å². The molecule has 1 aromatic rings. The van der Waals surface area contributed by atoms with E-state index in [1.807, 2.05) is 0 Å². The Morgan fingerprint density at radius 2 is 2.29 bits per heavy atom. The minimum atomic E-state index is -0.850. The fraction of sp³-hybridized carbons (Fsp3) is 0.417. The normalized spacial score (nSPS) is 11.8. The van der Waals surface area contributed by atoms with Crippen LogP contribution in [0, 0.1) is 10.1 Å². The number of benzene rings is 1. The molecular weight excluding hydrogens is 280 g/mol. The Kier molecular flexibility index (Phi) is 6.03. The van der Waals surface area contributed by atoms with Gasteiger partial charge in [0.05, 0.1) is 28.9 Å². The number of amides is 1. The van der Waals surface area contributed by atoms with Gasteiger partial charge >= 0.3 is 0 Å². The highest BCUT2D eigenvalue weighted by molar-refractivity contribution is 6.00. The average Bonchev–Trinajstić information content (AvgIpc) is 2.45. The number of carbonyl (C=O) groups is 1. The molecule has 1 atom stereocenters. The molecule has 0 bridgehead atoms. The van der Waals surface area contributed by atoms with Crippen LogP contribution in [-0.2, 0) is 4.74 Å². The van der Waals surface area contributed by atoms with Crippen LogP contribution in [0.1, 0.15) is 10.4 Å². The SMILES string of the molecule is COCC(O)CN(C)C(=O)c1cc([N+](=O)[O-])ccc1NN. The molecule has 0 fully saturated rings. The van der Waals surface area contributed by atoms with Crippen molar-refractivity contribution in [2.45, 2.75) is 6.10 Å². The molecule has 0 radical (unpaired) electrons. The number of nitro groups is 1. The maximum atomic E-state index is 12.3. The first kappa shape index (κ1) is 16.8. The lowest BCUT2D eigenvalue weighted by Crippen LogP contribution is -2.36. The van der Waals surface area contributed by atoms with Crippen molar-refractivity contribution in [2.24, 2.45) is 5.84 Å². The number of methoxy groups -OCH3 is 1. The second-order valence-electron chi connectivity index (χ2n) is 4.43. The van der Waals surface area contributed by atoms with E-state index in [2.05, 4.69) is 5.43 Å². The van der Waals surface area contributed by atoms with Crippen LogP contribution in [0.2, 0.25) is 0 Å². The van der Waals surface area contributed by atoms with Gasteiger partial charge in [-0.25, -0.2) is 0 Å². The first-order valence-corrected chi connectivity index (χ1v) is 6.08. The van der Waals surface area contributed by atoms with E-state index in [1.165, 1.54) is 31.2 Å². The Morgan fingerprint density at radius 1 is 1.62 bits per heavy atom. The van der Waals surface area contributed by atoms with Crippen LogP contribution < -0.4 is 11.3 Å². The van der Waals surface area contributed by atoms with Crippen LogP contribution in [-0.4, -0.2) is 54.3 Å². The van der Waals surface area contributed by atoms with Crippen LogP contribution in [0.4, 0.5) is 11.4 Å². The molecule has 116 valence electrons. The van der Waals surface area contributed by atoms with Crippen molar-refractivity contribution in [1.29, 1.82) is 0 Å². The van der Waals surface area contributed by atoms with Crippen LogP contribution in [0.5, 0.6) is 0 Å². The zero-order valence-electron chi connectivity index (χ0n) is 11.8. The van der Waals surface area contributed by atoms with Gasteiger partial charge in [0.2, 0.25) is 0 Å². The molecule has 0 aliphatic carbocycles. The zero-order chi connectivity index (χ0) is 16.0. The summed E-state index contributed by atoms with van der Waals surface area (Å²) in [6.45, 7) is 0.105. The van der Waals surface area contributed by atoms with Crippen LogP contribution in [0.25, 0.3) is 0 Å². The predicted octanol–water partition coefficient (Wildman–Crippen LogP) is -0.0403. The lowest BCUT2D eigenvalue weighted by molar-refractivity contribution is -0.384. The van der Waals surface area contributed by atoms with Gasteiger partial charge in [-0.3, -0.25) is 20.8 Å². The van der Waals surface area contributed by atoms with E-state index in [-0.39, 0.29) is 30.1 Å². The fourth-order valence-electron chi connectivity index (χ4n) is 1.80. The number of nitrogens with zero attached hydrogens (tertiary/aromatic N) is 2. The monoisotopic (exact) mass is 298 g/mol. The minimum absolute atomic E-state index is 0.0272. The minimum Gasteiger partial charge on any atom is -0.389 e. The van der Waals surface area contributed by atoms with E-state index in [1.54, 1.807) is 0 Å². The Bertz CT molecular complexity index is 522. The van der Waals surface area contributed by atoms with Gasteiger partial charge in [0.1, 0.15) is 0 Å². The van der Waals surface area contributed by atoms with Crippen LogP contribution in [0.3, 0.4) is 0 Å². The van der Waals surface area contributed by atoms with Crippen molar-refractivity contribution in [2.75, 3.05) is 32.7 Å². The molecular formula is C12H18N4O5. The summed E-state index contributed by atoms with van der Waals surface area (Å²) in [6.07, 6.45) is -0.850. The molecule has 0 heterocycles. The van der Waals surface area contributed by atoms with Gasteiger partial charge in [0.15, 0.2) is 0 Å². The van der Waals surface area contributed by atoms with Crippen molar-refractivity contribution in [3.05, 3.63) is 33.9 Å². The Hall–Kier alpha value is -2.23. The van der Waals surface area contributed by atoms with Crippen molar-refractivity contribution >= 4 is 17.3 Å². The van der Waals surface area contributed by atoms with E-state index in [9.17, 15) is 20.0 Å². The first-order chi connectivity index (χ1) is 9.90. The van der Waals surface area contributed by atoms with Crippen LogP contribution in [0.15, 0.2) is 18.2 Å². The second-order valence-corrected chi connectivity index (χ2v) is 4.43. The number of hydrogen-bond acceptors (Lipinski definition) is 7. The maximum Gasteiger partial charge on any atom is 0.270 e. The zero-order valence-corrected chi connectivity index (χ0v) is 11.8. The number of non-ortho nitro benzene ring substituents is 1. The van der Waals surface area contributed by atoms with Gasteiger partial charge in [0.25, 0.3) is 11.6 Å². The Labute approximate surface area is 121 Å². The van der Waals surface area contributed by atoms with E-state index in [0.717, 1.165) is 6.07 Å². The molecule has 1 unspecified atom stereocenters. The number of likely N-dealkylation sites (N-methyl/N-ethyl adjacent to an activating group) is 1. The third-order valence-corrected chi connectivity index (χ3v) is 2.79. The van der Waals surface area contributed by atoms with E-state index in [4.69, 9.17) is 10.6 Å². The average molecular weight is 298 g/mol. The summed E-state index contributed by atoms with van der Waals surface area (Å²) in [5.41, 5.74) is 2.42. The molecule has 0 saturated carbocycles. The molecule has 4 N–H and O–H groups in total. The number of aliphatic hydroxyl groups is 1. The quantitative estimate of drug-likeness (QED) is 0.365. The number of rotatable bonds is 7. The smallest absolute Gasteiger partial charge is 0.270 e. The molecule has 0 spiro atoms. The topological polar surface area (TPSA) is 131 Å². The van der Waals surface area contributed by atoms with Gasteiger partial charge in [-0.15, -0.1) is 0 Å². The molecule has 1 amide bonds. The molecule has 0 aromatic heterocycles. The van der Waals surface area contributed by atoms with Gasteiger partial charge in [-0.2, -0.15) is 0 Å². The predicted molar refractivity (Wildman–Crippen MR) is 75.7 cm³/mol. The summed E-state index contributed by atoms with van der Waals surface area (Å²) in [7, 11) is 2.91. The van der Waals surface area contributed by atoms with Crippen LogP contribution >= 0.6 is 0 Å². The Balaban J connectivity index is 2.99. The summed E-state index contributed by atoms with van der Waals surface area (Å²) >= 11 is 0. The van der Waals surface area contributed by atoms with Crippen molar-refractivity contribution in [1.82, 2.24) is 4.90 Å². The summed E-state index contributed by atoms with van der Waals surface area (Å²) < 4.78 is 4.78. The van der Waals surface area contributed by atoms with E-state index < -0.39 is 16.9 Å². The molecule has 21 heavy (non-hydrogen) atoms. The van der Waals surface area contributed by atoms with E-state index in [0.29, 0.717) is 0 Å². The van der Waals surface area contributed by atoms with Gasteiger partial charge < -0.3 is 20.2 Å². The lowest BCUT2D eigenvalue weighted by atomic mass is 10.1. The molecule has 9 nitrogen and oxygen atoms in total. The number of nitrogens with one attached hydrogen (secondary N) is 1. The van der Waals surface area contributed by atoms with E-state index >= 15 is 0 Å². The number of anilines is 1. The van der Waals surface area contributed by atoms with Gasteiger partial charge in [0, 0.05) is 32.8 Å². The highest BCUT2D eigenvalue weighted by Gasteiger charge is 2.21. The number of nitrogen functional groups attached to an aromatic ring is 1. The van der Waals surface area contributed by atoms with Crippen molar-refractivity contribution < 1.29 is 19.6 Å². The summed E-state index contributed by atoms with van der Waals surface area (Å²) in [5.74, 6) is 4.81. The third kappa shape index (κ3) is 4.38. The molecule has 0 aliphatic rings. The van der Waals surface area contributed by atoms with Gasteiger partial charge in [-0.1, -0.05) is 0 Å². The summed E-state index contributed by atoms with van der Waals surface area (Å²) in [6, 6.07) is 3.73. The van der Waals surface area contributed by atoms with Gasteiger partial charge in [-0.05, 0) is 6.07 Å². The third-order valence-electron chi connectivity index (χ3n) is 2.79. The number of nitrogens with two attached hydrogens (primary N) is 1. The van der Waals surface area contributed by atoms with Crippen molar-refractivity contribution in [3.63, 3.8) is 0 Å². The number of hydrogen-bond donors (Lipinski definition) is 3. The lowest BCUT2D eigenvalue weighted by Gasteiger charge is -2.21. The maximum absolute atomic E-state index is 12.3. The molecule has 9 heteroatoms. The fourth-order valence-corrected chi connectivity index (χ4v) is 1.80. The first-order valence-electron chi connectivity index (χ1n) is 6.08. The number of nitro benzene ring substituents is 1. The number of aliphatic hydroxyl groups excluding tert-OH is 1. The largest absolute Gasteiger partial charge is 0.389 e. The molecule has 1 rings (SSSR count). The standard InChI is InChI=1S/C12H18N4O5/c1-15(6-9(17)7-21-2)12(18)10-5-8(16(19)20)3-4-11(10)14-13/h3-5,9,14,17H,6-7,13H2,1-2H3. The number of hydrazine groups is 1. The number of carbonyl (C=O) groups excluding carboxylic acids is 1. The summed E-state index contributed by atoms with van der Waals surface area (Å²) in [5, 5.41) is 20.4. The molecule has 0 saturated heterocycles. The summed E-state index contributed by atoms with van der Waals surface area (Å²) in [4.78, 5) is 23.7. The number of ether oxygens (including phenoxy) is 1. The second kappa shape index (κ2) is 7.53.